The van der Waals surface area contributed by atoms with E-state index in [1.165, 1.54) is 6.07 Å². The molecule has 1 nitrogen and oxygen atoms in total. The van der Waals surface area contributed by atoms with E-state index < -0.39 is 0 Å². The first-order valence-electron chi connectivity index (χ1n) is 3.69. The highest BCUT2D eigenvalue weighted by atomic mass is 35.5. The van der Waals surface area contributed by atoms with Gasteiger partial charge in [0, 0.05) is 17.1 Å². The first-order valence-corrected chi connectivity index (χ1v) is 4.06. The smallest absolute Gasteiger partial charge is 0.129 e. The van der Waals surface area contributed by atoms with E-state index in [9.17, 15) is 4.39 Å². The molecule has 0 spiro atoms. The molecule has 0 radical (unpaired) electrons. The average molecular weight is 188 g/mol. The van der Waals surface area contributed by atoms with Gasteiger partial charge in [-0.3, -0.25) is 0 Å². The van der Waals surface area contributed by atoms with E-state index in [0.29, 0.717) is 17.1 Å². The van der Waals surface area contributed by atoms with Gasteiger partial charge in [-0.25, -0.2) is 4.39 Å². The van der Waals surface area contributed by atoms with E-state index in [-0.39, 0.29) is 5.82 Å². The summed E-state index contributed by atoms with van der Waals surface area (Å²) >= 11 is 5.81. The summed E-state index contributed by atoms with van der Waals surface area (Å²) in [4.78, 5) is 1.88. The molecule has 66 valence electrons. The van der Waals surface area contributed by atoms with Crippen LogP contribution in [-0.4, -0.2) is 19.0 Å². The molecule has 1 aromatic rings. The van der Waals surface area contributed by atoms with Gasteiger partial charge in [0.1, 0.15) is 5.82 Å². The van der Waals surface area contributed by atoms with E-state index in [2.05, 4.69) is 0 Å². The van der Waals surface area contributed by atoms with Crippen LogP contribution in [0.5, 0.6) is 0 Å². The first-order chi connectivity index (χ1) is 5.61. The Bertz CT molecular complexity index is 253. The van der Waals surface area contributed by atoms with Crippen LogP contribution in [0.15, 0.2) is 18.2 Å². The van der Waals surface area contributed by atoms with Crippen molar-refractivity contribution < 1.29 is 4.39 Å². The summed E-state index contributed by atoms with van der Waals surface area (Å²) in [5, 5.41) is 0.490. The summed E-state index contributed by atoms with van der Waals surface area (Å²) in [6.45, 7) is 0.533. The predicted molar refractivity (Wildman–Crippen MR) is 48.8 cm³/mol. The lowest BCUT2D eigenvalue weighted by atomic mass is 10.2. The van der Waals surface area contributed by atoms with Crippen molar-refractivity contribution >= 4 is 11.6 Å². The number of nitrogens with zero attached hydrogens (tertiary/aromatic N) is 1. The second-order valence-electron chi connectivity index (χ2n) is 2.94. The van der Waals surface area contributed by atoms with Crippen LogP contribution < -0.4 is 0 Å². The molecule has 3 heteroatoms. The summed E-state index contributed by atoms with van der Waals surface area (Å²) < 4.78 is 13.1. The van der Waals surface area contributed by atoms with Crippen molar-refractivity contribution in [3.63, 3.8) is 0 Å². The Morgan fingerprint density at radius 2 is 2.08 bits per heavy atom. The third-order valence-electron chi connectivity index (χ3n) is 1.54. The van der Waals surface area contributed by atoms with Crippen molar-refractivity contribution in [2.24, 2.45) is 0 Å². The molecule has 1 rings (SSSR count). The predicted octanol–water partition coefficient (Wildman–Crippen LogP) is 2.54. The number of rotatable bonds is 2. The van der Waals surface area contributed by atoms with Crippen molar-refractivity contribution in [1.82, 2.24) is 4.90 Å². The number of benzene rings is 1. The molecule has 0 fully saturated rings. The lowest BCUT2D eigenvalue weighted by molar-refractivity contribution is 0.392. The fourth-order valence-electron chi connectivity index (χ4n) is 1.000. The topological polar surface area (TPSA) is 3.24 Å². The first kappa shape index (κ1) is 9.49. The zero-order valence-corrected chi connectivity index (χ0v) is 7.90. The minimum atomic E-state index is -0.240. The molecule has 0 amide bonds. The van der Waals surface area contributed by atoms with Crippen LogP contribution in [0.2, 0.25) is 5.02 Å². The molecule has 0 unspecified atom stereocenters. The fraction of sp³-hybridized carbons (Fsp3) is 0.333. The Kier molecular flexibility index (Phi) is 3.06. The Labute approximate surface area is 76.8 Å². The van der Waals surface area contributed by atoms with Crippen LogP contribution in [0, 0.1) is 5.82 Å². The minimum absolute atomic E-state index is 0.240. The van der Waals surface area contributed by atoms with Crippen molar-refractivity contribution in [3.05, 3.63) is 34.6 Å². The van der Waals surface area contributed by atoms with Crippen molar-refractivity contribution in [3.8, 4) is 0 Å². The van der Waals surface area contributed by atoms with Gasteiger partial charge in [-0.05, 0) is 26.2 Å². The van der Waals surface area contributed by atoms with Gasteiger partial charge in [0.15, 0.2) is 0 Å². The average Bonchev–Trinajstić information content (AvgIpc) is 1.97. The Balaban J connectivity index is 2.96. The molecule has 0 heterocycles. The van der Waals surface area contributed by atoms with E-state index in [1.54, 1.807) is 12.1 Å². The molecule has 0 saturated heterocycles. The maximum Gasteiger partial charge on any atom is 0.129 e. The Morgan fingerprint density at radius 3 is 2.58 bits per heavy atom. The third-order valence-corrected chi connectivity index (χ3v) is 1.89. The fourth-order valence-corrected chi connectivity index (χ4v) is 1.22. The highest BCUT2D eigenvalue weighted by Gasteiger charge is 2.06. The van der Waals surface area contributed by atoms with Gasteiger partial charge in [0.25, 0.3) is 0 Å². The van der Waals surface area contributed by atoms with Gasteiger partial charge in [0.2, 0.25) is 0 Å². The Hall–Kier alpha value is -0.600. The maximum atomic E-state index is 13.1. The van der Waals surface area contributed by atoms with Crippen molar-refractivity contribution in [1.29, 1.82) is 0 Å². The Morgan fingerprint density at radius 1 is 1.42 bits per heavy atom. The maximum absolute atomic E-state index is 13.1. The molecule has 0 aromatic heterocycles. The molecule has 0 aliphatic heterocycles. The molecule has 0 bridgehead atoms. The molecule has 0 atom stereocenters. The molecule has 0 N–H and O–H groups in total. The molecule has 0 aliphatic rings. The summed E-state index contributed by atoms with van der Waals surface area (Å²) in [5.74, 6) is -0.240. The normalized spacial score (nSPS) is 10.8. The van der Waals surface area contributed by atoms with Crippen LogP contribution in [0.4, 0.5) is 4.39 Å². The van der Waals surface area contributed by atoms with Crippen molar-refractivity contribution in [2.75, 3.05) is 14.1 Å². The molecule has 1 aromatic carbocycles. The lowest BCUT2D eigenvalue weighted by Crippen LogP contribution is -2.12. The summed E-state index contributed by atoms with van der Waals surface area (Å²) in [6, 6.07) is 4.73. The van der Waals surface area contributed by atoms with E-state index in [1.807, 2.05) is 19.0 Å². The van der Waals surface area contributed by atoms with Crippen LogP contribution in [0.3, 0.4) is 0 Å². The van der Waals surface area contributed by atoms with E-state index >= 15 is 0 Å². The quantitative estimate of drug-likeness (QED) is 0.688. The summed E-state index contributed by atoms with van der Waals surface area (Å²) in [6.07, 6.45) is 0. The van der Waals surface area contributed by atoms with Crippen LogP contribution >= 0.6 is 11.6 Å². The van der Waals surface area contributed by atoms with E-state index in [4.69, 9.17) is 11.6 Å². The summed E-state index contributed by atoms with van der Waals surface area (Å²) in [5.41, 5.74) is 0.559. The van der Waals surface area contributed by atoms with Gasteiger partial charge >= 0.3 is 0 Å². The molecular formula is C9H11ClFN. The van der Waals surface area contributed by atoms with Crippen LogP contribution in [0.25, 0.3) is 0 Å². The number of hydrogen-bond donors (Lipinski definition) is 0. The summed E-state index contributed by atoms with van der Waals surface area (Å²) in [7, 11) is 3.76. The van der Waals surface area contributed by atoms with Gasteiger partial charge in [0.05, 0.1) is 0 Å². The number of halogens is 2. The molecular weight excluding hydrogens is 177 g/mol. The second kappa shape index (κ2) is 3.87. The van der Waals surface area contributed by atoms with Gasteiger partial charge in [-0.15, -0.1) is 0 Å². The van der Waals surface area contributed by atoms with Gasteiger partial charge in [-0.1, -0.05) is 17.7 Å². The van der Waals surface area contributed by atoms with Gasteiger partial charge < -0.3 is 4.90 Å². The van der Waals surface area contributed by atoms with Crippen LogP contribution in [-0.2, 0) is 6.54 Å². The monoisotopic (exact) mass is 187 g/mol. The SMILES string of the molecule is CN(C)Cc1c(F)cccc1Cl. The molecule has 0 aliphatic carbocycles. The van der Waals surface area contributed by atoms with E-state index in [0.717, 1.165) is 0 Å². The standard InChI is InChI=1S/C9H11ClFN/c1-12(2)6-7-8(10)4-3-5-9(7)11/h3-5H,6H2,1-2H3. The molecule has 12 heavy (non-hydrogen) atoms. The highest BCUT2D eigenvalue weighted by Crippen LogP contribution is 2.19. The number of hydrogen-bond acceptors (Lipinski definition) is 1. The second-order valence-corrected chi connectivity index (χ2v) is 3.35. The highest BCUT2D eigenvalue weighted by molar-refractivity contribution is 6.31. The zero-order valence-electron chi connectivity index (χ0n) is 7.14. The third kappa shape index (κ3) is 2.19. The largest absolute Gasteiger partial charge is 0.305 e. The lowest BCUT2D eigenvalue weighted by Gasteiger charge is -2.11. The van der Waals surface area contributed by atoms with Crippen molar-refractivity contribution in [2.45, 2.75) is 6.54 Å². The van der Waals surface area contributed by atoms with Crippen LogP contribution in [0.1, 0.15) is 5.56 Å². The van der Waals surface area contributed by atoms with Gasteiger partial charge in [-0.2, -0.15) is 0 Å². The minimum Gasteiger partial charge on any atom is -0.305 e. The molecule has 0 saturated carbocycles. The zero-order chi connectivity index (χ0) is 9.14.